The predicted molar refractivity (Wildman–Crippen MR) is 98.9 cm³/mol. The van der Waals surface area contributed by atoms with Crippen LogP contribution in [0.4, 0.5) is 0 Å². The summed E-state index contributed by atoms with van der Waals surface area (Å²) in [7, 11) is 1.81. The van der Waals surface area contributed by atoms with Crippen molar-refractivity contribution in [2.75, 3.05) is 46.3 Å². The molecule has 5 heteroatoms. The van der Waals surface area contributed by atoms with Gasteiger partial charge >= 0.3 is 0 Å². The molecule has 3 rings (SSSR count). The summed E-state index contributed by atoms with van der Waals surface area (Å²) >= 11 is 0. The second-order valence-electron chi connectivity index (χ2n) is 6.94. The third-order valence-electron chi connectivity index (χ3n) is 5.17. The van der Waals surface area contributed by atoms with Crippen LogP contribution in [0.5, 0.6) is 0 Å². The van der Waals surface area contributed by atoms with Gasteiger partial charge in [0.15, 0.2) is 0 Å². The first-order valence-electron chi connectivity index (χ1n) is 9.10. The van der Waals surface area contributed by atoms with Gasteiger partial charge in [-0.25, -0.2) is 0 Å². The van der Waals surface area contributed by atoms with Gasteiger partial charge in [-0.15, -0.1) is 0 Å². The maximum Gasteiger partial charge on any atom is 0.226 e. The Hall–Kier alpha value is -2.14. The number of piperazine rings is 1. The first kappa shape index (κ1) is 17.7. The van der Waals surface area contributed by atoms with E-state index in [1.165, 1.54) is 5.56 Å². The minimum Gasteiger partial charge on any atom is -0.346 e. The summed E-state index contributed by atoms with van der Waals surface area (Å²) < 4.78 is 0. The smallest absolute Gasteiger partial charge is 0.226 e. The van der Waals surface area contributed by atoms with Gasteiger partial charge in [0.2, 0.25) is 11.8 Å². The van der Waals surface area contributed by atoms with E-state index in [1.807, 2.05) is 30.1 Å². The molecular weight excluding hydrogens is 314 g/mol. The molecule has 25 heavy (non-hydrogen) atoms. The van der Waals surface area contributed by atoms with E-state index in [1.54, 1.807) is 4.90 Å². The molecule has 0 spiro atoms. The molecule has 0 bridgehead atoms. The van der Waals surface area contributed by atoms with Crippen molar-refractivity contribution in [1.29, 1.82) is 0 Å². The monoisotopic (exact) mass is 341 g/mol. The lowest BCUT2D eigenvalue weighted by Gasteiger charge is -2.37. The lowest BCUT2D eigenvalue weighted by atomic mass is 9.94. The van der Waals surface area contributed by atoms with Gasteiger partial charge in [0, 0.05) is 58.7 Å². The zero-order chi connectivity index (χ0) is 17.6. The Morgan fingerprint density at radius 1 is 1.12 bits per heavy atom. The van der Waals surface area contributed by atoms with E-state index in [0.717, 1.165) is 39.1 Å². The fraction of sp³-hybridized carbons (Fsp3) is 0.500. The Bertz CT molecular complexity index is 621. The van der Waals surface area contributed by atoms with Gasteiger partial charge in [-0.1, -0.05) is 42.5 Å². The van der Waals surface area contributed by atoms with Crippen LogP contribution in [0, 0.1) is 5.92 Å². The van der Waals surface area contributed by atoms with Crippen LogP contribution < -0.4 is 0 Å². The molecule has 1 aromatic rings. The van der Waals surface area contributed by atoms with Crippen molar-refractivity contribution in [2.45, 2.75) is 12.8 Å². The van der Waals surface area contributed by atoms with Crippen molar-refractivity contribution >= 4 is 17.9 Å². The molecule has 1 aromatic carbocycles. The van der Waals surface area contributed by atoms with Gasteiger partial charge in [0.05, 0.1) is 0 Å². The number of carbonyl (C=O) groups excluding carboxylic acids is 2. The Morgan fingerprint density at radius 2 is 1.84 bits per heavy atom. The molecule has 0 aromatic heterocycles. The number of carbonyl (C=O) groups is 2. The van der Waals surface area contributed by atoms with Crippen molar-refractivity contribution in [1.82, 2.24) is 14.7 Å². The molecule has 2 heterocycles. The lowest BCUT2D eigenvalue weighted by molar-refractivity contribution is -0.145. The molecule has 2 aliphatic heterocycles. The maximum absolute atomic E-state index is 12.6. The van der Waals surface area contributed by atoms with Crippen molar-refractivity contribution in [3.63, 3.8) is 0 Å². The van der Waals surface area contributed by atoms with Gasteiger partial charge in [0.1, 0.15) is 0 Å². The van der Waals surface area contributed by atoms with Crippen LogP contribution >= 0.6 is 0 Å². The van der Waals surface area contributed by atoms with Crippen molar-refractivity contribution in [3.05, 3.63) is 42.0 Å². The van der Waals surface area contributed by atoms with Crippen molar-refractivity contribution < 1.29 is 9.59 Å². The van der Waals surface area contributed by atoms with Crippen molar-refractivity contribution in [2.24, 2.45) is 5.92 Å². The van der Waals surface area contributed by atoms with Crippen LogP contribution in [0.25, 0.3) is 6.08 Å². The number of nitrogens with zero attached hydrogens (tertiary/aromatic N) is 3. The highest BCUT2D eigenvalue weighted by Crippen LogP contribution is 2.20. The molecule has 0 saturated carbocycles. The fourth-order valence-corrected chi connectivity index (χ4v) is 3.46. The average molecular weight is 341 g/mol. The summed E-state index contributed by atoms with van der Waals surface area (Å²) in [5.74, 6) is 0.142. The predicted octanol–water partition coefficient (Wildman–Crippen LogP) is 1.71. The van der Waals surface area contributed by atoms with E-state index in [4.69, 9.17) is 0 Å². The van der Waals surface area contributed by atoms with E-state index in [2.05, 4.69) is 29.2 Å². The zero-order valence-corrected chi connectivity index (χ0v) is 14.9. The Kier molecular flexibility index (Phi) is 5.87. The standard InChI is InChI=1S/C20H27N3O2/c1-21-11-9-18(16-19(21)24)20(25)23-14-12-22(13-15-23)10-5-8-17-6-3-2-4-7-17/h2-8,18H,9-16H2,1H3/b8-5-/t18-/m0/s1. The molecule has 0 unspecified atom stereocenters. The van der Waals surface area contributed by atoms with Gasteiger partial charge in [0.25, 0.3) is 0 Å². The second-order valence-corrected chi connectivity index (χ2v) is 6.94. The Morgan fingerprint density at radius 3 is 2.52 bits per heavy atom. The highest BCUT2D eigenvalue weighted by molar-refractivity contribution is 5.87. The first-order chi connectivity index (χ1) is 12.1. The van der Waals surface area contributed by atoms with E-state index < -0.39 is 0 Å². The molecule has 0 radical (unpaired) electrons. The number of rotatable bonds is 4. The van der Waals surface area contributed by atoms with Gasteiger partial charge < -0.3 is 9.80 Å². The minimum atomic E-state index is -0.117. The SMILES string of the molecule is CN1CC[C@H](C(=O)N2CCN(C/C=C\c3ccccc3)CC2)CC1=O. The third kappa shape index (κ3) is 4.69. The Labute approximate surface area is 149 Å². The summed E-state index contributed by atoms with van der Waals surface area (Å²) in [5.41, 5.74) is 1.21. The maximum atomic E-state index is 12.6. The minimum absolute atomic E-state index is 0.0919. The number of hydrogen-bond acceptors (Lipinski definition) is 3. The van der Waals surface area contributed by atoms with Crippen LogP contribution in [0.15, 0.2) is 36.4 Å². The van der Waals surface area contributed by atoms with Crippen LogP contribution in [-0.2, 0) is 9.59 Å². The topological polar surface area (TPSA) is 43.9 Å². The highest BCUT2D eigenvalue weighted by Gasteiger charge is 2.32. The van der Waals surface area contributed by atoms with Crippen molar-refractivity contribution in [3.8, 4) is 0 Å². The summed E-state index contributed by atoms with van der Waals surface area (Å²) in [5, 5.41) is 0. The number of likely N-dealkylation sites (tertiary alicyclic amines) is 1. The number of hydrogen-bond donors (Lipinski definition) is 0. The summed E-state index contributed by atoms with van der Waals surface area (Å²) in [6.45, 7) is 4.91. The van der Waals surface area contributed by atoms with E-state index >= 15 is 0 Å². The first-order valence-corrected chi connectivity index (χ1v) is 9.10. The van der Waals surface area contributed by atoms with Crippen LogP contribution in [0.3, 0.4) is 0 Å². The lowest BCUT2D eigenvalue weighted by Crippen LogP contribution is -2.51. The molecule has 2 amide bonds. The normalized spacial score (nSPS) is 22.6. The van der Waals surface area contributed by atoms with Crippen LogP contribution in [0.1, 0.15) is 18.4 Å². The summed E-state index contributed by atoms with van der Waals surface area (Å²) in [6.07, 6.45) is 5.49. The number of piperidine rings is 1. The summed E-state index contributed by atoms with van der Waals surface area (Å²) in [6, 6.07) is 10.3. The quantitative estimate of drug-likeness (QED) is 0.837. The van der Waals surface area contributed by atoms with Gasteiger partial charge in [-0.3, -0.25) is 14.5 Å². The third-order valence-corrected chi connectivity index (χ3v) is 5.17. The summed E-state index contributed by atoms with van der Waals surface area (Å²) in [4.78, 5) is 30.5. The molecular formula is C20H27N3O2. The largest absolute Gasteiger partial charge is 0.346 e. The molecule has 2 fully saturated rings. The zero-order valence-electron chi connectivity index (χ0n) is 14.9. The van der Waals surface area contributed by atoms with E-state index in [9.17, 15) is 9.59 Å². The van der Waals surface area contributed by atoms with Gasteiger partial charge in [-0.2, -0.15) is 0 Å². The second kappa shape index (κ2) is 8.30. The van der Waals surface area contributed by atoms with Crippen LogP contribution in [-0.4, -0.2) is 72.8 Å². The molecule has 0 N–H and O–H groups in total. The molecule has 2 aliphatic rings. The molecule has 0 aliphatic carbocycles. The number of amides is 2. The van der Waals surface area contributed by atoms with E-state index in [0.29, 0.717) is 13.0 Å². The average Bonchev–Trinajstić information content (AvgIpc) is 2.65. The Balaban J connectivity index is 1.43. The van der Waals surface area contributed by atoms with Gasteiger partial charge in [-0.05, 0) is 12.0 Å². The van der Waals surface area contributed by atoms with E-state index in [-0.39, 0.29) is 17.7 Å². The number of benzene rings is 1. The fourth-order valence-electron chi connectivity index (χ4n) is 3.46. The molecule has 134 valence electrons. The highest BCUT2D eigenvalue weighted by atomic mass is 16.2. The molecule has 2 saturated heterocycles. The molecule has 5 nitrogen and oxygen atoms in total. The van der Waals surface area contributed by atoms with Crippen LogP contribution in [0.2, 0.25) is 0 Å². The molecule has 1 atom stereocenters.